The van der Waals surface area contributed by atoms with Gasteiger partial charge in [0.15, 0.2) is 0 Å². The summed E-state index contributed by atoms with van der Waals surface area (Å²) in [6, 6.07) is -0.602. The second-order valence-corrected chi connectivity index (χ2v) is 6.22. The summed E-state index contributed by atoms with van der Waals surface area (Å²) < 4.78 is 0. The maximum absolute atomic E-state index is 10.8. The van der Waals surface area contributed by atoms with Gasteiger partial charge in [-0.15, -0.1) is 0 Å². The van der Waals surface area contributed by atoms with Crippen molar-refractivity contribution in [3.05, 3.63) is 11.6 Å². The zero-order chi connectivity index (χ0) is 13.6. The predicted octanol–water partition coefficient (Wildman–Crippen LogP) is 2.80. The summed E-state index contributed by atoms with van der Waals surface area (Å²) in [5.41, 5.74) is 10.3. The molecule has 2 unspecified atom stereocenters. The topological polar surface area (TPSA) is 67.5 Å². The van der Waals surface area contributed by atoms with Gasteiger partial charge in [0.2, 0.25) is 0 Å². The van der Waals surface area contributed by atoms with Gasteiger partial charge in [0.1, 0.15) is 0 Å². The number of nitrogens with two attached hydrogens (primary N) is 1. The Hall–Kier alpha value is -1.32. The first kappa shape index (κ1) is 13.1. The lowest BCUT2D eigenvalue weighted by atomic mass is 9.70. The van der Waals surface area contributed by atoms with Crippen LogP contribution in [0.15, 0.2) is 16.8 Å². The summed E-state index contributed by atoms with van der Waals surface area (Å²) in [5.74, 6) is 0.552. The molecule has 1 saturated carbocycles. The number of hydrogen-bond acceptors (Lipinski definition) is 2. The van der Waals surface area contributed by atoms with Crippen molar-refractivity contribution in [2.45, 2.75) is 47.0 Å². The van der Waals surface area contributed by atoms with Gasteiger partial charge in [-0.2, -0.15) is 5.10 Å². The molecule has 4 nitrogen and oxygen atoms in total. The number of hydrazone groups is 1. The molecule has 100 valence electrons. The summed E-state index contributed by atoms with van der Waals surface area (Å²) in [6.45, 7) is 9.06. The van der Waals surface area contributed by atoms with Gasteiger partial charge in [0.25, 0.3) is 0 Å². The van der Waals surface area contributed by atoms with Crippen LogP contribution in [0.1, 0.15) is 47.0 Å². The Morgan fingerprint density at radius 1 is 1.56 bits per heavy atom. The molecule has 2 aliphatic carbocycles. The maximum atomic E-state index is 10.8. The number of fused-ring (bicyclic) bond motifs is 2. The number of hydrogen-bond donors (Lipinski definition) is 2. The summed E-state index contributed by atoms with van der Waals surface area (Å²) in [4.78, 5) is 10.8. The van der Waals surface area contributed by atoms with Crippen molar-refractivity contribution < 1.29 is 4.79 Å². The van der Waals surface area contributed by atoms with Crippen LogP contribution < -0.4 is 11.2 Å². The fourth-order valence-corrected chi connectivity index (χ4v) is 3.53. The molecule has 2 amide bonds. The van der Waals surface area contributed by atoms with Crippen LogP contribution in [0.4, 0.5) is 4.79 Å². The van der Waals surface area contributed by atoms with Crippen LogP contribution in [0.2, 0.25) is 0 Å². The van der Waals surface area contributed by atoms with E-state index in [1.165, 1.54) is 18.4 Å². The van der Waals surface area contributed by atoms with E-state index < -0.39 is 6.03 Å². The fourth-order valence-electron chi connectivity index (χ4n) is 3.53. The van der Waals surface area contributed by atoms with E-state index in [9.17, 15) is 4.79 Å². The third-order valence-electron chi connectivity index (χ3n) is 5.11. The Labute approximate surface area is 109 Å². The molecule has 0 aliphatic heterocycles. The molecule has 0 aromatic carbocycles. The van der Waals surface area contributed by atoms with Gasteiger partial charge in [-0.25, -0.2) is 10.2 Å². The van der Waals surface area contributed by atoms with Crippen molar-refractivity contribution in [3.8, 4) is 0 Å². The van der Waals surface area contributed by atoms with Gasteiger partial charge in [0.05, 0.1) is 5.71 Å². The van der Waals surface area contributed by atoms with E-state index in [0.717, 1.165) is 12.1 Å². The highest BCUT2D eigenvalue weighted by molar-refractivity contribution is 6.01. The lowest BCUT2D eigenvalue weighted by Crippen LogP contribution is -2.29. The third-order valence-corrected chi connectivity index (χ3v) is 5.11. The first-order valence-corrected chi connectivity index (χ1v) is 6.67. The second-order valence-electron chi connectivity index (χ2n) is 6.22. The highest BCUT2D eigenvalue weighted by atomic mass is 16.2. The van der Waals surface area contributed by atoms with Crippen LogP contribution in [0.5, 0.6) is 0 Å². The number of urea groups is 1. The molecule has 0 aromatic rings. The van der Waals surface area contributed by atoms with E-state index in [4.69, 9.17) is 5.73 Å². The number of rotatable bonds is 3. The quantitative estimate of drug-likeness (QED) is 0.586. The molecular weight excluding hydrogens is 226 g/mol. The van der Waals surface area contributed by atoms with Crippen LogP contribution in [-0.4, -0.2) is 11.7 Å². The zero-order valence-electron chi connectivity index (χ0n) is 11.7. The van der Waals surface area contributed by atoms with Crippen LogP contribution >= 0.6 is 0 Å². The number of primary amides is 1. The zero-order valence-corrected chi connectivity index (χ0v) is 11.7. The minimum atomic E-state index is -0.602. The molecule has 0 spiro atoms. The number of carbonyl (C=O) groups excluding carboxylic acids is 1. The summed E-state index contributed by atoms with van der Waals surface area (Å²) in [6.07, 6.45) is 5.64. The lowest BCUT2D eigenvalue weighted by molar-refractivity contribution is 0.180. The average molecular weight is 249 g/mol. The van der Waals surface area contributed by atoms with E-state index in [2.05, 4.69) is 44.3 Å². The molecule has 2 atom stereocenters. The lowest BCUT2D eigenvalue weighted by Gasteiger charge is -2.34. The minimum absolute atomic E-state index is 0.260. The van der Waals surface area contributed by atoms with Crippen LogP contribution in [0.3, 0.4) is 0 Å². The SMILES string of the molecule is CCC(=NNC(N)=O)C1=CC2(C)CCC1C2(C)C. The van der Waals surface area contributed by atoms with Crippen molar-refractivity contribution in [3.63, 3.8) is 0 Å². The van der Waals surface area contributed by atoms with E-state index in [0.29, 0.717) is 5.92 Å². The van der Waals surface area contributed by atoms with Gasteiger partial charge in [0, 0.05) is 0 Å². The van der Waals surface area contributed by atoms with Crippen molar-refractivity contribution in [2.75, 3.05) is 0 Å². The number of allylic oxidation sites excluding steroid dienone is 2. The van der Waals surface area contributed by atoms with Crippen molar-refractivity contribution >= 4 is 11.7 Å². The van der Waals surface area contributed by atoms with Crippen molar-refractivity contribution in [1.82, 2.24) is 5.43 Å². The molecule has 2 rings (SSSR count). The van der Waals surface area contributed by atoms with Gasteiger partial charge < -0.3 is 5.73 Å². The Morgan fingerprint density at radius 2 is 2.22 bits per heavy atom. The molecule has 1 fully saturated rings. The Morgan fingerprint density at radius 3 is 2.61 bits per heavy atom. The highest BCUT2D eigenvalue weighted by Crippen LogP contribution is 2.64. The number of amides is 2. The molecule has 0 saturated heterocycles. The monoisotopic (exact) mass is 249 g/mol. The molecule has 0 heterocycles. The number of nitrogens with zero attached hydrogens (tertiary/aromatic N) is 1. The maximum Gasteiger partial charge on any atom is 0.332 e. The van der Waals surface area contributed by atoms with Crippen LogP contribution in [0, 0.1) is 16.7 Å². The van der Waals surface area contributed by atoms with Crippen LogP contribution in [0.25, 0.3) is 0 Å². The summed E-state index contributed by atoms with van der Waals surface area (Å²) in [7, 11) is 0. The van der Waals surface area contributed by atoms with Gasteiger partial charge >= 0.3 is 6.03 Å². The average Bonchev–Trinajstić information content (AvgIpc) is 2.61. The Bertz CT molecular complexity index is 436. The molecule has 2 bridgehead atoms. The molecule has 18 heavy (non-hydrogen) atoms. The summed E-state index contributed by atoms with van der Waals surface area (Å²) in [5, 5.41) is 4.16. The van der Waals surface area contributed by atoms with E-state index in [1.807, 2.05) is 0 Å². The van der Waals surface area contributed by atoms with Crippen molar-refractivity contribution in [2.24, 2.45) is 27.6 Å². The molecule has 0 radical (unpaired) electrons. The van der Waals surface area contributed by atoms with E-state index in [1.54, 1.807) is 0 Å². The highest BCUT2D eigenvalue weighted by Gasteiger charge is 2.56. The second kappa shape index (κ2) is 4.11. The smallest absolute Gasteiger partial charge is 0.332 e. The normalized spacial score (nSPS) is 33.4. The molecular formula is C14H23N3O. The van der Waals surface area contributed by atoms with Gasteiger partial charge in [-0.1, -0.05) is 33.8 Å². The first-order chi connectivity index (χ1) is 8.32. The number of carbonyl (C=O) groups is 1. The standard InChI is InChI=1S/C14H23N3O/c1-5-11(16-17-12(15)18)9-8-14(4)7-6-10(9)13(14,2)3/h8,10H,5-7H2,1-4H3,(H3,15,17,18). The Balaban J connectivity index is 2.30. The Kier molecular flexibility index (Phi) is 2.99. The molecule has 3 N–H and O–H groups in total. The fraction of sp³-hybridized carbons (Fsp3) is 0.714. The number of nitrogens with one attached hydrogen (secondary N) is 1. The first-order valence-electron chi connectivity index (χ1n) is 6.67. The van der Waals surface area contributed by atoms with Gasteiger partial charge in [-0.05, 0) is 41.6 Å². The van der Waals surface area contributed by atoms with Crippen LogP contribution in [-0.2, 0) is 0 Å². The van der Waals surface area contributed by atoms with E-state index in [-0.39, 0.29) is 10.8 Å². The third kappa shape index (κ3) is 1.74. The minimum Gasteiger partial charge on any atom is -0.350 e. The van der Waals surface area contributed by atoms with E-state index >= 15 is 0 Å². The molecule has 4 heteroatoms. The van der Waals surface area contributed by atoms with Crippen molar-refractivity contribution in [1.29, 1.82) is 0 Å². The molecule has 2 aliphatic rings. The molecule has 0 aromatic heterocycles. The largest absolute Gasteiger partial charge is 0.350 e. The van der Waals surface area contributed by atoms with Gasteiger partial charge in [-0.3, -0.25) is 0 Å². The predicted molar refractivity (Wildman–Crippen MR) is 73.1 cm³/mol. The summed E-state index contributed by atoms with van der Waals surface area (Å²) >= 11 is 0.